The van der Waals surface area contributed by atoms with Gasteiger partial charge in [0, 0.05) is 19.1 Å². The van der Waals surface area contributed by atoms with Crippen molar-refractivity contribution in [2.75, 3.05) is 13.7 Å². The van der Waals surface area contributed by atoms with E-state index in [1.165, 1.54) is 7.11 Å². The Bertz CT molecular complexity index is 380. The maximum Gasteiger partial charge on any atom is 0.405 e. The van der Waals surface area contributed by atoms with Crippen molar-refractivity contribution in [1.29, 1.82) is 0 Å². The predicted octanol–water partition coefficient (Wildman–Crippen LogP) is 3.02. The number of nitrogens with one attached hydrogen (secondary N) is 1. The SMILES string of the molecule is COCCC(F)(F)C1(O)CCC(CC(C)(C)NC(=O)O)CC1. The van der Waals surface area contributed by atoms with Crippen molar-refractivity contribution >= 4 is 6.09 Å². The minimum atomic E-state index is -3.16. The molecule has 0 aromatic heterocycles. The molecule has 5 nitrogen and oxygen atoms in total. The summed E-state index contributed by atoms with van der Waals surface area (Å²) in [6, 6.07) is 0. The number of carboxylic acid groups (broad SMARTS) is 1. The number of carbonyl (C=O) groups is 1. The predicted molar refractivity (Wildman–Crippen MR) is 78.2 cm³/mol. The molecular weight excluding hydrogens is 296 g/mol. The second kappa shape index (κ2) is 7.08. The quantitative estimate of drug-likeness (QED) is 0.673. The van der Waals surface area contributed by atoms with Crippen LogP contribution in [0.2, 0.25) is 0 Å². The highest BCUT2D eigenvalue weighted by Gasteiger charge is 2.53. The monoisotopic (exact) mass is 323 g/mol. The van der Waals surface area contributed by atoms with Gasteiger partial charge < -0.3 is 20.3 Å². The van der Waals surface area contributed by atoms with Gasteiger partial charge in [-0.3, -0.25) is 0 Å². The fraction of sp³-hybridized carbons (Fsp3) is 0.933. The van der Waals surface area contributed by atoms with E-state index in [9.17, 15) is 18.7 Å². The van der Waals surface area contributed by atoms with E-state index in [-0.39, 0.29) is 25.4 Å². The van der Waals surface area contributed by atoms with E-state index in [0.29, 0.717) is 19.3 Å². The second-order valence-corrected chi connectivity index (χ2v) is 6.94. The summed E-state index contributed by atoms with van der Waals surface area (Å²) in [4.78, 5) is 10.7. The molecule has 1 fully saturated rings. The lowest BCUT2D eigenvalue weighted by atomic mass is 9.71. The van der Waals surface area contributed by atoms with Crippen LogP contribution in [0.5, 0.6) is 0 Å². The van der Waals surface area contributed by atoms with Crippen molar-refractivity contribution in [1.82, 2.24) is 5.32 Å². The van der Waals surface area contributed by atoms with Gasteiger partial charge in [-0.1, -0.05) is 0 Å². The van der Waals surface area contributed by atoms with Crippen molar-refractivity contribution in [2.24, 2.45) is 5.92 Å². The van der Waals surface area contributed by atoms with Crippen LogP contribution < -0.4 is 5.32 Å². The molecule has 1 aliphatic rings. The molecule has 22 heavy (non-hydrogen) atoms. The van der Waals surface area contributed by atoms with Gasteiger partial charge in [-0.15, -0.1) is 0 Å². The highest BCUT2D eigenvalue weighted by Crippen LogP contribution is 2.45. The Kier molecular flexibility index (Phi) is 6.15. The molecule has 0 atom stereocenters. The highest BCUT2D eigenvalue weighted by atomic mass is 19.3. The largest absolute Gasteiger partial charge is 0.465 e. The molecule has 0 radical (unpaired) electrons. The van der Waals surface area contributed by atoms with E-state index in [0.717, 1.165) is 0 Å². The molecule has 0 saturated heterocycles. The Labute approximate surface area is 130 Å². The summed E-state index contributed by atoms with van der Waals surface area (Å²) < 4.78 is 32.9. The van der Waals surface area contributed by atoms with Gasteiger partial charge in [-0.2, -0.15) is 0 Å². The van der Waals surface area contributed by atoms with E-state index >= 15 is 0 Å². The maximum atomic E-state index is 14.1. The normalized spacial score (nSPS) is 26.7. The molecule has 0 heterocycles. The molecule has 0 aliphatic heterocycles. The van der Waals surface area contributed by atoms with E-state index in [1.807, 2.05) is 0 Å². The number of hydrogen-bond donors (Lipinski definition) is 3. The first-order valence-electron chi connectivity index (χ1n) is 7.62. The first kappa shape index (κ1) is 19.1. The molecular formula is C15H27F2NO4. The zero-order valence-electron chi connectivity index (χ0n) is 13.5. The number of ether oxygens (including phenoxy) is 1. The lowest BCUT2D eigenvalue weighted by Gasteiger charge is -2.42. The van der Waals surface area contributed by atoms with E-state index in [2.05, 4.69) is 10.1 Å². The smallest absolute Gasteiger partial charge is 0.405 e. The average molecular weight is 323 g/mol. The summed E-state index contributed by atoms with van der Waals surface area (Å²) in [7, 11) is 1.36. The Balaban J connectivity index is 2.56. The van der Waals surface area contributed by atoms with Gasteiger partial charge in [0.1, 0.15) is 5.60 Å². The van der Waals surface area contributed by atoms with Gasteiger partial charge >= 0.3 is 6.09 Å². The fourth-order valence-electron chi connectivity index (χ4n) is 3.25. The van der Waals surface area contributed by atoms with Crippen LogP contribution in [-0.4, -0.2) is 47.1 Å². The average Bonchev–Trinajstić information content (AvgIpc) is 2.37. The standard InChI is InChI=1S/C15H27F2NO4/c1-13(2,18-12(19)20)10-11-4-6-14(21,7-5-11)15(16,17)8-9-22-3/h11,18,21H,4-10H2,1-3H3,(H,19,20). The van der Waals surface area contributed by atoms with Crippen molar-refractivity contribution in [2.45, 2.75) is 69.4 Å². The highest BCUT2D eigenvalue weighted by molar-refractivity contribution is 5.65. The van der Waals surface area contributed by atoms with Crippen molar-refractivity contribution in [3.8, 4) is 0 Å². The van der Waals surface area contributed by atoms with Crippen LogP contribution in [-0.2, 0) is 4.74 Å². The van der Waals surface area contributed by atoms with Crippen molar-refractivity contribution < 1.29 is 28.5 Å². The van der Waals surface area contributed by atoms with Crippen LogP contribution in [0.15, 0.2) is 0 Å². The number of alkyl halides is 2. The van der Waals surface area contributed by atoms with Gasteiger partial charge in [0.05, 0.1) is 6.61 Å². The molecule has 0 bridgehead atoms. The van der Waals surface area contributed by atoms with Crippen LogP contribution in [0.4, 0.5) is 13.6 Å². The third-order valence-electron chi connectivity index (χ3n) is 4.48. The first-order valence-corrected chi connectivity index (χ1v) is 7.62. The van der Waals surface area contributed by atoms with Gasteiger partial charge in [0.15, 0.2) is 0 Å². The van der Waals surface area contributed by atoms with Crippen LogP contribution in [0.25, 0.3) is 0 Å². The molecule has 1 saturated carbocycles. The molecule has 3 N–H and O–H groups in total. The minimum absolute atomic E-state index is 0.0253. The van der Waals surface area contributed by atoms with Crippen LogP contribution in [0.1, 0.15) is 52.4 Å². The number of amides is 1. The van der Waals surface area contributed by atoms with Crippen LogP contribution >= 0.6 is 0 Å². The Morgan fingerprint density at radius 1 is 1.36 bits per heavy atom. The topological polar surface area (TPSA) is 78.8 Å². The Hall–Kier alpha value is -0.950. The van der Waals surface area contributed by atoms with E-state index < -0.39 is 29.6 Å². The van der Waals surface area contributed by atoms with Crippen molar-refractivity contribution in [3.05, 3.63) is 0 Å². The third kappa shape index (κ3) is 5.05. The molecule has 0 spiro atoms. The summed E-state index contributed by atoms with van der Waals surface area (Å²) in [5, 5.41) is 21.5. The molecule has 0 aromatic carbocycles. The number of hydrogen-bond acceptors (Lipinski definition) is 3. The second-order valence-electron chi connectivity index (χ2n) is 6.94. The van der Waals surface area contributed by atoms with E-state index in [4.69, 9.17) is 5.11 Å². The third-order valence-corrected chi connectivity index (χ3v) is 4.48. The maximum absolute atomic E-state index is 14.1. The summed E-state index contributed by atoms with van der Waals surface area (Å²) in [5.41, 5.74) is -2.59. The summed E-state index contributed by atoms with van der Waals surface area (Å²) >= 11 is 0. The zero-order valence-corrected chi connectivity index (χ0v) is 13.5. The molecule has 1 rings (SSSR count). The van der Waals surface area contributed by atoms with Crippen LogP contribution in [0.3, 0.4) is 0 Å². The summed E-state index contributed by atoms with van der Waals surface area (Å²) in [6.07, 6.45) is -0.0401. The van der Waals surface area contributed by atoms with Gasteiger partial charge in [0.25, 0.3) is 5.92 Å². The molecule has 7 heteroatoms. The number of aliphatic hydroxyl groups is 1. The van der Waals surface area contributed by atoms with E-state index in [1.54, 1.807) is 13.8 Å². The van der Waals surface area contributed by atoms with Gasteiger partial charge in [0.2, 0.25) is 0 Å². The van der Waals surface area contributed by atoms with Crippen LogP contribution in [0, 0.1) is 5.92 Å². The zero-order chi connectivity index (χ0) is 17.0. The van der Waals surface area contributed by atoms with Gasteiger partial charge in [-0.25, -0.2) is 13.6 Å². The minimum Gasteiger partial charge on any atom is -0.465 e. The fourth-order valence-corrected chi connectivity index (χ4v) is 3.25. The summed E-state index contributed by atoms with van der Waals surface area (Å²) in [6.45, 7) is 3.46. The number of rotatable bonds is 7. The number of halogens is 2. The molecule has 0 unspecified atom stereocenters. The van der Waals surface area contributed by atoms with Gasteiger partial charge in [-0.05, 0) is 51.9 Å². The Morgan fingerprint density at radius 2 is 1.91 bits per heavy atom. The lowest BCUT2D eigenvalue weighted by molar-refractivity contribution is -0.207. The molecule has 1 amide bonds. The van der Waals surface area contributed by atoms with Crippen molar-refractivity contribution in [3.63, 3.8) is 0 Å². The first-order chi connectivity index (χ1) is 10.0. The molecule has 0 aromatic rings. The molecule has 130 valence electrons. The molecule has 1 aliphatic carbocycles. The summed E-state index contributed by atoms with van der Waals surface area (Å²) in [5.74, 6) is -3.04. The lowest BCUT2D eigenvalue weighted by Crippen LogP contribution is -2.52. The number of methoxy groups -OCH3 is 1. The Morgan fingerprint density at radius 3 is 2.36 bits per heavy atom.